The van der Waals surface area contributed by atoms with Gasteiger partial charge in [-0.3, -0.25) is 4.79 Å². The zero-order valence-corrected chi connectivity index (χ0v) is 11.7. The van der Waals surface area contributed by atoms with Crippen LogP contribution < -0.4 is 4.72 Å². The zero-order valence-electron chi connectivity index (χ0n) is 10.9. The number of carbonyl (C=O) groups is 1. The number of methoxy groups -OCH3 is 1. The molecular weight excluding hydrogens is 266 g/mol. The Hall–Kier alpha value is -1.66. The lowest BCUT2D eigenvalue weighted by Crippen LogP contribution is -2.30. The Kier molecular flexibility index (Phi) is 5.26. The summed E-state index contributed by atoms with van der Waals surface area (Å²) in [6, 6.07) is 5.74. The molecule has 0 spiro atoms. The van der Waals surface area contributed by atoms with Gasteiger partial charge < -0.3 is 4.74 Å². The second kappa shape index (κ2) is 6.49. The molecule has 0 heterocycles. The molecule has 1 aromatic rings. The van der Waals surface area contributed by atoms with Crippen molar-refractivity contribution in [2.75, 3.05) is 7.11 Å². The third-order valence-corrected chi connectivity index (χ3v) is 4.08. The standard InChI is InChI=1S/C13H17NO4S/c1-4-10(2)14-19(16,17)12-7-5-11(6-8-12)9-13(15)18-3/h4-8,10,14H,1,9H2,2-3H3. The normalized spacial score (nSPS) is 12.7. The van der Waals surface area contributed by atoms with Gasteiger partial charge in [-0.1, -0.05) is 18.2 Å². The Morgan fingerprint density at radius 2 is 2.00 bits per heavy atom. The molecule has 0 aliphatic heterocycles. The van der Waals surface area contributed by atoms with Crippen LogP contribution in [0, 0.1) is 0 Å². The molecule has 1 unspecified atom stereocenters. The lowest BCUT2D eigenvalue weighted by molar-refractivity contribution is -0.139. The molecule has 1 atom stereocenters. The van der Waals surface area contributed by atoms with Crippen molar-refractivity contribution in [3.8, 4) is 0 Å². The summed E-state index contributed by atoms with van der Waals surface area (Å²) in [6.07, 6.45) is 1.62. The molecule has 0 fully saturated rings. The second-order valence-electron chi connectivity index (χ2n) is 4.04. The summed E-state index contributed by atoms with van der Waals surface area (Å²) in [5.74, 6) is -0.367. The summed E-state index contributed by atoms with van der Waals surface area (Å²) >= 11 is 0. The molecule has 0 saturated heterocycles. The Labute approximate surface area is 113 Å². The van der Waals surface area contributed by atoms with Gasteiger partial charge in [-0.15, -0.1) is 6.58 Å². The number of hydrogen-bond acceptors (Lipinski definition) is 4. The van der Waals surface area contributed by atoms with E-state index in [1.54, 1.807) is 19.1 Å². The van der Waals surface area contributed by atoms with Crippen LogP contribution in [0.25, 0.3) is 0 Å². The molecule has 0 aliphatic rings. The molecule has 5 nitrogen and oxygen atoms in total. The molecule has 0 aliphatic carbocycles. The van der Waals surface area contributed by atoms with Crippen molar-refractivity contribution < 1.29 is 17.9 Å². The highest BCUT2D eigenvalue weighted by Crippen LogP contribution is 2.12. The van der Waals surface area contributed by atoms with Crippen LogP contribution in [0.1, 0.15) is 12.5 Å². The van der Waals surface area contributed by atoms with Crippen molar-refractivity contribution >= 4 is 16.0 Å². The Morgan fingerprint density at radius 1 is 1.42 bits per heavy atom. The fourth-order valence-electron chi connectivity index (χ4n) is 1.39. The predicted molar refractivity (Wildman–Crippen MR) is 72.1 cm³/mol. The maximum Gasteiger partial charge on any atom is 0.309 e. The topological polar surface area (TPSA) is 72.5 Å². The van der Waals surface area contributed by atoms with Gasteiger partial charge in [0.25, 0.3) is 0 Å². The van der Waals surface area contributed by atoms with Crippen LogP contribution in [0.15, 0.2) is 41.8 Å². The first-order chi connectivity index (χ1) is 8.89. The fourth-order valence-corrected chi connectivity index (χ4v) is 2.60. The van der Waals surface area contributed by atoms with Gasteiger partial charge in [0, 0.05) is 6.04 Å². The smallest absolute Gasteiger partial charge is 0.309 e. The summed E-state index contributed by atoms with van der Waals surface area (Å²) in [6.45, 7) is 5.21. The number of rotatable bonds is 6. The third kappa shape index (κ3) is 4.50. The van der Waals surface area contributed by atoms with Gasteiger partial charge in [0.15, 0.2) is 0 Å². The quantitative estimate of drug-likeness (QED) is 0.630. The average Bonchev–Trinajstić information content (AvgIpc) is 2.38. The van der Waals surface area contributed by atoms with E-state index in [1.807, 2.05) is 0 Å². The van der Waals surface area contributed by atoms with Crippen molar-refractivity contribution in [2.24, 2.45) is 0 Å². The number of carbonyl (C=O) groups excluding carboxylic acids is 1. The monoisotopic (exact) mass is 283 g/mol. The fraction of sp³-hybridized carbons (Fsp3) is 0.308. The maximum absolute atomic E-state index is 11.9. The van der Waals surface area contributed by atoms with Crippen LogP contribution >= 0.6 is 0 Å². The zero-order chi connectivity index (χ0) is 14.5. The molecule has 1 N–H and O–H groups in total. The van der Waals surface area contributed by atoms with Crippen molar-refractivity contribution in [1.29, 1.82) is 0 Å². The lowest BCUT2D eigenvalue weighted by Gasteiger charge is -2.10. The van der Waals surface area contributed by atoms with Crippen LogP contribution in [0.3, 0.4) is 0 Å². The SMILES string of the molecule is C=CC(C)NS(=O)(=O)c1ccc(CC(=O)OC)cc1. The van der Waals surface area contributed by atoms with Crippen LogP contribution in [-0.4, -0.2) is 27.5 Å². The molecule has 0 aromatic heterocycles. The van der Waals surface area contributed by atoms with Crippen LogP contribution in [0.5, 0.6) is 0 Å². The molecule has 0 saturated carbocycles. The average molecular weight is 283 g/mol. The van der Waals surface area contributed by atoms with Crippen molar-refractivity contribution in [3.63, 3.8) is 0 Å². The highest BCUT2D eigenvalue weighted by atomic mass is 32.2. The first kappa shape index (κ1) is 15.4. The molecule has 6 heteroatoms. The highest BCUT2D eigenvalue weighted by Gasteiger charge is 2.15. The van der Waals surface area contributed by atoms with Crippen LogP contribution in [0.2, 0.25) is 0 Å². The van der Waals surface area contributed by atoms with E-state index >= 15 is 0 Å². The molecule has 19 heavy (non-hydrogen) atoms. The summed E-state index contributed by atoms with van der Waals surface area (Å²) in [5.41, 5.74) is 0.697. The first-order valence-corrected chi connectivity index (χ1v) is 7.18. The van der Waals surface area contributed by atoms with E-state index in [4.69, 9.17) is 0 Å². The minimum absolute atomic E-state index is 0.118. The van der Waals surface area contributed by atoms with Crippen molar-refractivity contribution in [1.82, 2.24) is 4.72 Å². The van der Waals surface area contributed by atoms with Crippen LogP contribution in [0.4, 0.5) is 0 Å². The maximum atomic E-state index is 11.9. The molecule has 1 aromatic carbocycles. The number of ether oxygens (including phenoxy) is 1. The summed E-state index contributed by atoms with van der Waals surface area (Å²) < 4.78 is 30.9. The van der Waals surface area contributed by atoms with E-state index in [-0.39, 0.29) is 23.3 Å². The number of hydrogen-bond donors (Lipinski definition) is 1. The Bertz CT molecular complexity index is 549. The Balaban J connectivity index is 2.86. The molecule has 0 bridgehead atoms. The Morgan fingerprint density at radius 3 is 2.47 bits per heavy atom. The van der Waals surface area contributed by atoms with E-state index in [1.165, 1.54) is 25.3 Å². The van der Waals surface area contributed by atoms with Gasteiger partial charge in [-0.05, 0) is 24.6 Å². The first-order valence-electron chi connectivity index (χ1n) is 5.69. The predicted octanol–water partition coefficient (Wildman–Crippen LogP) is 1.25. The molecular formula is C13H17NO4S. The van der Waals surface area contributed by atoms with E-state index in [9.17, 15) is 13.2 Å². The van der Waals surface area contributed by atoms with E-state index in [0.717, 1.165) is 0 Å². The van der Waals surface area contributed by atoms with Crippen molar-refractivity contribution in [2.45, 2.75) is 24.3 Å². The minimum Gasteiger partial charge on any atom is -0.469 e. The van der Waals surface area contributed by atoms with Gasteiger partial charge in [-0.25, -0.2) is 13.1 Å². The van der Waals surface area contributed by atoms with Gasteiger partial charge in [0.1, 0.15) is 0 Å². The van der Waals surface area contributed by atoms with E-state index in [0.29, 0.717) is 5.56 Å². The molecule has 1 rings (SSSR count). The van der Waals surface area contributed by atoms with Gasteiger partial charge in [0.05, 0.1) is 18.4 Å². The van der Waals surface area contributed by atoms with Crippen LogP contribution in [-0.2, 0) is 26.0 Å². The van der Waals surface area contributed by atoms with E-state index < -0.39 is 10.0 Å². The van der Waals surface area contributed by atoms with Gasteiger partial charge >= 0.3 is 5.97 Å². The molecule has 104 valence electrons. The highest BCUT2D eigenvalue weighted by molar-refractivity contribution is 7.89. The minimum atomic E-state index is -3.56. The van der Waals surface area contributed by atoms with E-state index in [2.05, 4.69) is 16.0 Å². The van der Waals surface area contributed by atoms with Crippen molar-refractivity contribution in [3.05, 3.63) is 42.5 Å². The molecule has 0 radical (unpaired) electrons. The second-order valence-corrected chi connectivity index (χ2v) is 5.76. The summed E-state index contributed by atoms with van der Waals surface area (Å²) in [5, 5.41) is 0. The largest absolute Gasteiger partial charge is 0.469 e. The van der Waals surface area contributed by atoms with Gasteiger partial charge in [0.2, 0.25) is 10.0 Å². The number of benzene rings is 1. The summed E-state index contributed by atoms with van der Waals surface area (Å²) in [7, 11) is -2.25. The number of sulfonamides is 1. The van der Waals surface area contributed by atoms with Gasteiger partial charge in [-0.2, -0.15) is 0 Å². The number of nitrogens with one attached hydrogen (secondary N) is 1. The summed E-state index contributed by atoms with van der Waals surface area (Å²) in [4.78, 5) is 11.2. The molecule has 0 amide bonds. The number of esters is 1. The lowest BCUT2D eigenvalue weighted by atomic mass is 10.2. The third-order valence-electron chi connectivity index (χ3n) is 2.50.